The van der Waals surface area contributed by atoms with Gasteiger partial charge in [-0.1, -0.05) is 49.9 Å². The minimum atomic E-state index is -0.184. The van der Waals surface area contributed by atoms with Crippen molar-refractivity contribution in [2.45, 2.75) is 71.3 Å². The van der Waals surface area contributed by atoms with Crippen LogP contribution in [0.4, 0.5) is 0 Å². The first-order valence-corrected chi connectivity index (χ1v) is 11.5. The van der Waals surface area contributed by atoms with Crippen LogP contribution < -0.4 is 10.4 Å². The quantitative estimate of drug-likeness (QED) is 0.288. The van der Waals surface area contributed by atoms with Gasteiger partial charge in [0, 0.05) is 22.0 Å². The van der Waals surface area contributed by atoms with E-state index in [2.05, 4.69) is 13.0 Å². The highest BCUT2D eigenvalue weighted by Crippen LogP contribution is 2.33. The first-order chi connectivity index (χ1) is 14.7. The molecule has 0 amide bonds. The number of ether oxygens (including phenoxy) is 1. The smallest absolute Gasteiger partial charge is 0.339 e. The SMILES string of the molecule is CCCCCCc1cc2c3c(c(=O)oc2cc1OCc1ccc(Cl)cc1)CCCC3. The molecule has 0 bridgehead atoms. The number of hydrogen-bond acceptors (Lipinski definition) is 3. The molecule has 1 aromatic heterocycles. The highest BCUT2D eigenvalue weighted by molar-refractivity contribution is 6.30. The van der Waals surface area contributed by atoms with E-state index in [4.69, 9.17) is 20.8 Å². The van der Waals surface area contributed by atoms with Crippen molar-refractivity contribution in [3.05, 3.63) is 74.1 Å². The second-order valence-electron chi connectivity index (χ2n) is 8.24. The molecule has 0 unspecified atom stereocenters. The van der Waals surface area contributed by atoms with Crippen LogP contribution in [0.1, 0.15) is 67.7 Å². The van der Waals surface area contributed by atoms with Gasteiger partial charge in [0.2, 0.25) is 0 Å². The van der Waals surface area contributed by atoms with Gasteiger partial charge >= 0.3 is 5.63 Å². The first kappa shape index (κ1) is 21.0. The van der Waals surface area contributed by atoms with Gasteiger partial charge in [0.15, 0.2) is 0 Å². The molecule has 0 atom stereocenters. The van der Waals surface area contributed by atoms with E-state index in [-0.39, 0.29) is 5.63 Å². The Morgan fingerprint density at radius 3 is 2.53 bits per heavy atom. The van der Waals surface area contributed by atoms with E-state index < -0.39 is 0 Å². The van der Waals surface area contributed by atoms with Gasteiger partial charge in [-0.05, 0) is 73.4 Å². The van der Waals surface area contributed by atoms with E-state index in [9.17, 15) is 4.79 Å². The minimum Gasteiger partial charge on any atom is -0.488 e. The Kier molecular flexibility index (Phi) is 6.79. The molecule has 3 nitrogen and oxygen atoms in total. The fraction of sp³-hybridized carbons (Fsp3) is 0.423. The summed E-state index contributed by atoms with van der Waals surface area (Å²) in [5, 5.41) is 1.81. The summed E-state index contributed by atoms with van der Waals surface area (Å²) < 4.78 is 11.9. The normalized spacial score (nSPS) is 13.4. The summed E-state index contributed by atoms with van der Waals surface area (Å²) in [5.74, 6) is 0.813. The summed E-state index contributed by atoms with van der Waals surface area (Å²) in [6.45, 7) is 2.69. The summed E-state index contributed by atoms with van der Waals surface area (Å²) in [6.07, 6.45) is 9.77. The third-order valence-electron chi connectivity index (χ3n) is 6.01. The van der Waals surface area contributed by atoms with E-state index in [1.807, 2.05) is 30.3 Å². The molecule has 0 saturated heterocycles. The molecule has 0 fully saturated rings. The largest absolute Gasteiger partial charge is 0.488 e. The van der Waals surface area contributed by atoms with Gasteiger partial charge in [-0.15, -0.1) is 0 Å². The molecule has 2 aromatic carbocycles. The van der Waals surface area contributed by atoms with E-state index in [1.165, 1.54) is 30.4 Å². The number of benzene rings is 2. The third kappa shape index (κ3) is 4.73. The predicted molar refractivity (Wildman–Crippen MR) is 123 cm³/mol. The predicted octanol–water partition coefficient (Wildman–Crippen LogP) is 7.03. The van der Waals surface area contributed by atoms with Crippen molar-refractivity contribution in [2.24, 2.45) is 0 Å². The van der Waals surface area contributed by atoms with Gasteiger partial charge in [0.25, 0.3) is 0 Å². The Balaban J connectivity index is 1.68. The Labute approximate surface area is 183 Å². The molecule has 0 spiro atoms. The number of rotatable bonds is 8. The number of hydrogen-bond donors (Lipinski definition) is 0. The Morgan fingerprint density at radius 1 is 1.00 bits per heavy atom. The molecule has 158 valence electrons. The third-order valence-corrected chi connectivity index (χ3v) is 6.26. The average Bonchev–Trinajstić information content (AvgIpc) is 2.77. The lowest BCUT2D eigenvalue weighted by Gasteiger charge is -2.18. The molecule has 30 heavy (non-hydrogen) atoms. The van der Waals surface area contributed by atoms with Gasteiger partial charge in [0.1, 0.15) is 17.9 Å². The van der Waals surface area contributed by atoms with Crippen molar-refractivity contribution < 1.29 is 9.15 Å². The van der Waals surface area contributed by atoms with Crippen LogP contribution in [0, 0.1) is 0 Å². The molecule has 1 heterocycles. The highest BCUT2D eigenvalue weighted by atomic mass is 35.5. The minimum absolute atomic E-state index is 0.184. The van der Waals surface area contributed by atoms with E-state index in [0.717, 1.165) is 60.8 Å². The number of unbranched alkanes of at least 4 members (excludes halogenated alkanes) is 3. The van der Waals surface area contributed by atoms with E-state index in [1.54, 1.807) is 0 Å². The maximum Gasteiger partial charge on any atom is 0.339 e. The van der Waals surface area contributed by atoms with Crippen LogP contribution in [0.3, 0.4) is 0 Å². The van der Waals surface area contributed by atoms with Crippen LogP contribution in [0.25, 0.3) is 11.0 Å². The van der Waals surface area contributed by atoms with Gasteiger partial charge < -0.3 is 9.15 Å². The zero-order valence-electron chi connectivity index (χ0n) is 17.6. The second kappa shape index (κ2) is 9.70. The maximum absolute atomic E-state index is 12.5. The Morgan fingerprint density at radius 2 is 1.77 bits per heavy atom. The molecule has 1 aliphatic rings. The zero-order chi connectivity index (χ0) is 20.9. The lowest BCUT2D eigenvalue weighted by atomic mass is 9.89. The summed E-state index contributed by atoms with van der Waals surface area (Å²) in [4.78, 5) is 12.5. The van der Waals surface area contributed by atoms with Crippen LogP contribution >= 0.6 is 11.6 Å². The molecule has 0 N–H and O–H groups in total. The van der Waals surface area contributed by atoms with Gasteiger partial charge in [-0.2, -0.15) is 0 Å². The summed E-state index contributed by atoms with van der Waals surface area (Å²) >= 11 is 5.99. The monoisotopic (exact) mass is 424 g/mol. The molecule has 3 aromatic rings. The number of fused-ring (bicyclic) bond motifs is 3. The molecule has 1 aliphatic carbocycles. The van der Waals surface area contributed by atoms with Crippen molar-refractivity contribution in [1.82, 2.24) is 0 Å². The van der Waals surface area contributed by atoms with Gasteiger partial charge in [-0.3, -0.25) is 0 Å². The standard InChI is InChI=1S/C26H29ClO3/c1-2-3-4-5-8-19-15-23-21-9-6-7-10-22(21)26(28)30-25(23)16-24(19)29-17-18-11-13-20(27)14-12-18/h11-16H,2-10,17H2,1H3. The maximum atomic E-state index is 12.5. The van der Waals surface area contributed by atoms with Crippen LogP contribution in [0.15, 0.2) is 45.6 Å². The number of aryl methyl sites for hydroxylation is 2. The van der Waals surface area contributed by atoms with E-state index >= 15 is 0 Å². The fourth-order valence-corrected chi connectivity index (χ4v) is 4.46. The summed E-state index contributed by atoms with van der Waals surface area (Å²) in [5.41, 5.74) is 4.78. The van der Waals surface area contributed by atoms with Crippen molar-refractivity contribution in [3.63, 3.8) is 0 Å². The summed E-state index contributed by atoms with van der Waals surface area (Å²) in [6, 6.07) is 11.8. The molecule has 0 aliphatic heterocycles. The van der Waals surface area contributed by atoms with Crippen molar-refractivity contribution in [3.8, 4) is 5.75 Å². The van der Waals surface area contributed by atoms with Crippen molar-refractivity contribution in [2.75, 3.05) is 0 Å². The molecular weight excluding hydrogens is 396 g/mol. The Bertz CT molecular complexity index is 1070. The topological polar surface area (TPSA) is 39.4 Å². The van der Waals surface area contributed by atoms with Crippen molar-refractivity contribution in [1.29, 1.82) is 0 Å². The first-order valence-electron chi connectivity index (χ1n) is 11.1. The molecule has 4 heteroatoms. The average molecular weight is 425 g/mol. The van der Waals surface area contributed by atoms with Crippen LogP contribution in [0.5, 0.6) is 5.75 Å². The number of halogens is 1. The van der Waals surface area contributed by atoms with E-state index in [0.29, 0.717) is 17.2 Å². The highest BCUT2D eigenvalue weighted by Gasteiger charge is 2.20. The molecule has 0 saturated carbocycles. The lowest BCUT2D eigenvalue weighted by molar-refractivity contribution is 0.302. The van der Waals surface area contributed by atoms with Crippen LogP contribution in [-0.2, 0) is 25.9 Å². The fourth-order valence-electron chi connectivity index (χ4n) is 4.33. The van der Waals surface area contributed by atoms with Crippen molar-refractivity contribution >= 4 is 22.6 Å². The van der Waals surface area contributed by atoms with Crippen LogP contribution in [0.2, 0.25) is 5.02 Å². The molecule has 0 radical (unpaired) electrons. The zero-order valence-corrected chi connectivity index (χ0v) is 18.4. The lowest BCUT2D eigenvalue weighted by Crippen LogP contribution is -2.16. The second-order valence-corrected chi connectivity index (χ2v) is 8.67. The Hall–Kier alpha value is -2.26. The molecule has 4 rings (SSSR count). The van der Waals surface area contributed by atoms with Gasteiger partial charge in [-0.25, -0.2) is 4.79 Å². The van der Waals surface area contributed by atoms with Gasteiger partial charge in [0.05, 0.1) is 0 Å². The van der Waals surface area contributed by atoms with Crippen LogP contribution in [-0.4, -0.2) is 0 Å². The molecular formula is C26H29ClO3. The summed E-state index contributed by atoms with van der Waals surface area (Å²) in [7, 11) is 0.